The van der Waals surface area contributed by atoms with Crippen LogP contribution < -0.4 is 5.73 Å². The molecule has 0 saturated heterocycles. The molecule has 14 heavy (non-hydrogen) atoms. The lowest BCUT2D eigenvalue weighted by molar-refractivity contribution is 0.112. The molecule has 0 fully saturated rings. The summed E-state index contributed by atoms with van der Waals surface area (Å²) in [5, 5.41) is 8.49. The van der Waals surface area contributed by atoms with Gasteiger partial charge < -0.3 is 5.73 Å². The molecule has 0 saturated carbocycles. The first-order valence-corrected chi connectivity index (χ1v) is 3.54. The Morgan fingerprint density at radius 3 is 2.71 bits per heavy atom. The van der Waals surface area contributed by atoms with Crippen LogP contribution in [0.5, 0.6) is 0 Å². The Morgan fingerprint density at radius 1 is 1.64 bits per heavy atom. The number of halogens is 2. The number of carbonyl (C=O) groups excluding carboxylic acids is 1. The van der Waals surface area contributed by atoms with E-state index in [9.17, 15) is 13.6 Å². The van der Waals surface area contributed by atoms with Gasteiger partial charge in [0.05, 0.1) is 5.69 Å². The Hall–Kier alpha value is -2.03. The van der Waals surface area contributed by atoms with Crippen LogP contribution in [0.25, 0.3) is 0 Å². The van der Waals surface area contributed by atoms with Gasteiger partial charge in [-0.2, -0.15) is 5.26 Å². The summed E-state index contributed by atoms with van der Waals surface area (Å²) in [5.74, 6) is 0. The molecule has 0 spiro atoms. The third-order valence-corrected chi connectivity index (χ3v) is 1.57. The van der Waals surface area contributed by atoms with E-state index in [1.807, 2.05) is 0 Å². The second-order valence-electron chi connectivity index (χ2n) is 2.43. The van der Waals surface area contributed by atoms with Gasteiger partial charge in [0.1, 0.15) is 11.8 Å². The molecular weight excluding hydrogens is 192 g/mol. The number of aldehydes is 1. The average molecular weight is 197 g/mol. The van der Waals surface area contributed by atoms with Crippen molar-refractivity contribution >= 4 is 12.0 Å². The third-order valence-electron chi connectivity index (χ3n) is 1.57. The predicted molar refractivity (Wildman–Crippen MR) is 43.7 cm³/mol. The summed E-state index contributed by atoms with van der Waals surface area (Å²) in [6.07, 6.45) is -2.52. The lowest BCUT2D eigenvalue weighted by atomic mass is 10.1. The van der Waals surface area contributed by atoms with Gasteiger partial charge in [-0.3, -0.25) is 4.79 Å². The van der Waals surface area contributed by atoms with Crippen molar-refractivity contribution < 1.29 is 13.6 Å². The number of carbonyl (C=O) groups is 1. The Balaban J connectivity index is 3.41. The number of hydrogen-bond acceptors (Lipinski definition) is 4. The minimum Gasteiger partial charge on any atom is -0.396 e. The second kappa shape index (κ2) is 3.79. The number of hydrogen-bond donors (Lipinski definition) is 1. The van der Waals surface area contributed by atoms with Gasteiger partial charge >= 0.3 is 0 Å². The normalized spacial score (nSPS) is 9.86. The van der Waals surface area contributed by atoms with Crippen LogP contribution in [-0.2, 0) is 0 Å². The second-order valence-corrected chi connectivity index (χ2v) is 2.43. The topological polar surface area (TPSA) is 79.8 Å². The molecule has 4 nitrogen and oxygen atoms in total. The number of pyridine rings is 1. The summed E-state index contributed by atoms with van der Waals surface area (Å²) in [7, 11) is 0. The van der Waals surface area contributed by atoms with E-state index in [4.69, 9.17) is 11.0 Å². The third kappa shape index (κ3) is 1.66. The molecule has 0 amide bonds. The molecule has 0 atom stereocenters. The van der Waals surface area contributed by atoms with Crippen LogP contribution in [0, 0.1) is 11.3 Å². The van der Waals surface area contributed by atoms with Crippen molar-refractivity contribution in [1.29, 1.82) is 5.26 Å². The van der Waals surface area contributed by atoms with Crippen LogP contribution in [0.4, 0.5) is 14.5 Å². The number of anilines is 1. The van der Waals surface area contributed by atoms with Crippen molar-refractivity contribution in [3.8, 4) is 6.07 Å². The Bertz CT molecular complexity index is 412. The highest BCUT2D eigenvalue weighted by atomic mass is 19.3. The zero-order valence-electron chi connectivity index (χ0n) is 6.87. The first kappa shape index (κ1) is 10.1. The van der Waals surface area contributed by atoms with Gasteiger partial charge in [-0.15, -0.1) is 0 Å². The van der Waals surface area contributed by atoms with E-state index in [2.05, 4.69) is 4.98 Å². The fourth-order valence-electron chi connectivity index (χ4n) is 0.890. The highest BCUT2D eigenvalue weighted by Gasteiger charge is 2.15. The Labute approximate surface area is 78.0 Å². The van der Waals surface area contributed by atoms with Crippen molar-refractivity contribution in [2.75, 3.05) is 5.73 Å². The minimum atomic E-state index is -2.83. The number of nitrogens with zero attached hydrogens (tertiary/aromatic N) is 2. The standard InChI is InChI=1S/C8H5F2N3O/c9-8(10)5-1-4(3-14)7(12)6(2-11)13-5/h1,3,8H,12H2. The van der Waals surface area contributed by atoms with Crippen molar-refractivity contribution in [3.05, 3.63) is 23.0 Å². The van der Waals surface area contributed by atoms with Gasteiger partial charge in [-0.1, -0.05) is 0 Å². The molecule has 1 rings (SSSR count). The van der Waals surface area contributed by atoms with Crippen LogP contribution in [0.3, 0.4) is 0 Å². The van der Waals surface area contributed by atoms with E-state index in [-0.39, 0.29) is 16.9 Å². The molecule has 6 heteroatoms. The van der Waals surface area contributed by atoms with Gasteiger partial charge in [-0.25, -0.2) is 13.8 Å². The van der Waals surface area contributed by atoms with E-state index in [1.54, 1.807) is 0 Å². The van der Waals surface area contributed by atoms with Crippen LogP contribution in [0.1, 0.15) is 28.2 Å². The molecule has 2 N–H and O–H groups in total. The minimum absolute atomic E-state index is 0.146. The summed E-state index contributed by atoms with van der Waals surface area (Å²) in [5.41, 5.74) is 4.01. The molecule has 0 aliphatic rings. The summed E-state index contributed by atoms with van der Waals surface area (Å²) in [4.78, 5) is 13.7. The molecule has 0 aliphatic heterocycles. The molecule has 0 unspecified atom stereocenters. The first-order valence-electron chi connectivity index (χ1n) is 3.54. The van der Waals surface area contributed by atoms with Crippen LogP contribution in [0.15, 0.2) is 6.07 Å². The van der Waals surface area contributed by atoms with E-state index in [0.717, 1.165) is 6.07 Å². The number of rotatable bonds is 2. The molecule has 72 valence electrons. The maximum absolute atomic E-state index is 12.2. The number of aromatic nitrogens is 1. The highest BCUT2D eigenvalue weighted by molar-refractivity contribution is 5.85. The summed E-state index contributed by atoms with van der Waals surface area (Å²) >= 11 is 0. The smallest absolute Gasteiger partial charge is 0.280 e. The van der Waals surface area contributed by atoms with Gasteiger partial charge in [0.25, 0.3) is 6.43 Å². The average Bonchev–Trinajstić information content (AvgIpc) is 2.17. The van der Waals surface area contributed by atoms with E-state index >= 15 is 0 Å². The van der Waals surface area contributed by atoms with Gasteiger partial charge in [0.15, 0.2) is 12.0 Å². The van der Waals surface area contributed by atoms with Crippen LogP contribution >= 0.6 is 0 Å². The monoisotopic (exact) mass is 197 g/mol. The predicted octanol–water partition coefficient (Wildman–Crippen LogP) is 1.29. The fourth-order valence-corrected chi connectivity index (χ4v) is 0.890. The van der Waals surface area contributed by atoms with E-state index in [0.29, 0.717) is 6.29 Å². The van der Waals surface area contributed by atoms with Gasteiger partial charge in [0, 0.05) is 5.56 Å². The maximum Gasteiger partial charge on any atom is 0.280 e. The molecule has 0 radical (unpaired) electrons. The highest BCUT2D eigenvalue weighted by Crippen LogP contribution is 2.22. The van der Waals surface area contributed by atoms with Crippen molar-refractivity contribution in [2.45, 2.75) is 6.43 Å². The quantitative estimate of drug-likeness (QED) is 0.724. The molecular formula is C8H5F2N3O. The number of nitrogen functional groups attached to an aromatic ring is 1. The molecule has 0 aromatic carbocycles. The van der Waals surface area contributed by atoms with E-state index in [1.165, 1.54) is 6.07 Å². The fraction of sp³-hybridized carbons (Fsp3) is 0.125. The van der Waals surface area contributed by atoms with Crippen molar-refractivity contribution in [1.82, 2.24) is 4.98 Å². The SMILES string of the molecule is N#Cc1nc(C(F)F)cc(C=O)c1N. The Morgan fingerprint density at radius 2 is 2.29 bits per heavy atom. The zero-order valence-corrected chi connectivity index (χ0v) is 6.87. The Kier molecular flexibility index (Phi) is 2.72. The van der Waals surface area contributed by atoms with Crippen molar-refractivity contribution in [3.63, 3.8) is 0 Å². The molecule has 0 aliphatic carbocycles. The maximum atomic E-state index is 12.2. The first-order chi connectivity index (χ1) is 6.60. The molecule has 1 heterocycles. The van der Waals surface area contributed by atoms with Crippen LogP contribution in [-0.4, -0.2) is 11.3 Å². The largest absolute Gasteiger partial charge is 0.396 e. The summed E-state index contributed by atoms with van der Waals surface area (Å²) in [6.45, 7) is 0. The van der Waals surface area contributed by atoms with Gasteiger partial charge in [-0.05, 0) is 6.07 Å². The van der Waals surface area contributed by atoms with E-state index < -0.39 is 12.1 Å². The summed E-state index contributed by atoms with van der Waals surface area (Å²) < 4.78 is 24.4. The molecule has 0 bridgehead atoms. The lowest BCUT2D eigenvalue weighted by Crippen LogP contribution is -2.03. The lowest BCUT2D eigenvalue weighted by Gasteiger charge is -2.04. The number of nitrogens with two attached hydrogens (primary N) is 1. The zero-order chi connectivity index (χ0) is 10.7. The molecule has 1 aromatic heterocycles. The number of alkyl halides is 2. The summed E-state index contributed by atoms with van der Waals surface area (Å²) in [6, 6.07) is 2.41. The van der Waals surface area contributed by atoms with Gasteiger partial charge in [0.2, 0.25) is 0 Å². The number of nitriles is 1. The van der Waals surface area contributed by atoms with Crippen molar-refractivity contribution in [2.24, 2.45) is 0 Å². The van der Waals surface area contributed by atoms with Crippen LogP contribution in [0.2, 0.25) is 0 Å². The molecule has 1 aromatic rings.